The van der Waals surface area contributed by atoms with E-state index in [2.05, 4.69) is 44.4 Å². The molecule has 9 rings (SSSR count). The summed E-state index contributed by atoms with van der Waals surface area (Å²) in [6.45, 7) is 30.7. The van der Waals surface area contributed by atoms with E-state index in [1.54, 1.807) is 116 Å². The third-order valence-electron chi connectivity index (χ3n) is 16.1. The van der Waals surface area contributed by atoms with E-state index in [-0.39, 0.29) is 61.2 Å². The Labute approximate surface area is 542 Å². The van der Waals surface area contributed by atoms with E-state index in [0.29, 0.717) is 41.9 Å². The van der Waals surface area contributed by atoms with Crippen LogP contribution in [-0.4, -0.2) is 141 Å². The molecule has 0 bridgehead atoms. The number of ether oxygens (including phenoxy) is 2. The van der Waals surface area contributed by atoms with E-state index in [1.165, 1.54) is 81.0 Å². The highest BCUT2D eigenvalue weighted by Crippen LogP contribution is 2.68. The fourth-order valence-electron chi connectivity index (χ4n) is 10.4. The van der Waals surface area contributed by atoms with Gasteiger partial charge in [0.2, 0.25) is 29.4 Å². The molecule has 4 aromatic rings. The molecule has 5 aliphatic rings. The molecule has 6 heterocycles. The van der Waals surface area contributed by atoms with Gasteiger partial charge in [-0.2, -0.15) is 18.4 Å². The molecule has 3 aliphatic heterocycles. The van der Waals surface area contributed by atoms with Crippen LogP contribution in [0.3, 0.4) is 0 Å². The van der Waals surface area contributed by atoms with Gasteiger partial charge in [0.25, 0.3) is 0 Å². The number of rotatable bonds is 13. The van der Waals surface area contributed by atoms with Gasteiger partial charge in [-0.15, -0.1) is 0 Å². The number of carbonyl (C=O) groups excluding carboxylic acids is 3. The van der Waals surface area contributed by atoms with Gasteiger partial charge in [-0.25, -0.2) is 28.9 Å². The quantitative estimate of drug-likeness (QED) is 0.0251. The first kappa shape index (κ1) is 70.3. The van der Waals surface area contributed by atoms with Crippen molar-refractivity contribution < 1.29 is 50.7 Å². The topological polar surface area (TPSA) is 215 Å². The van der Waals surface area contributed by atoms with Gasteiger partial charge in [0.1, 0.15) is 27.7 Å². The lowest BCUT2D eigenvalue weighted by atomic mass is 9.77. The van der Waals surface area contributed by atoms with Crippen molar-refractivity contribution in [2.45, 2.75) is 138 Å². The number of nitriles is 1. The molecule has 27 heteroatoms. The van der Waals surface area contributed by atoms with Crippen LogP contribution >= 0.6 is 46.1 Å². The standard InChI is InChI=1S/C31H50BFN4O6SSi.C22H20F2N6OS.C9H5FIN/c1-27(2,3)41-26(39)37(19-40-14-15-45(11,12)13)25-35-30(8,22-17-31(22,44-25)24(38)36(9)10)21-16-20(18-34-23(21)33)32-42-28(4,5)29(6,7)43-32;1-21(17-9-22(17,19(31)30(3)4)32-20(25)29-21)15-7-12(10-28-18(15)24)16(23)8-13-5-6-14(26-2)11-27-13;10-9(11)5-7-1-3-8(6-12)4-2-7/h16,18,22H,14-15,17,19H2,1-13H3;5-8,10-11,17H,9H2,1,3-4H3,(H2,25,29);1-5H/b;16-8-;9-5+/t22-,30+,31-;17-,21+,22-;/m00./s1. The Hall–Kier alpha value is -6.21. The van der Waals surface area contributed by atoms with Crippen LogP contribution in [0, 0.1) is 41.6 Å². The number of fused-ring (bicyclic) bond motifs is 2. The Balaban J connectivity index is 0.000000221. The zero-order valence-corrected chi connectivity index (χ0v) is 57.7. The van der Waals surface area contributed by atoms with Crippen LogP contribution in [0.25, 0.3) is 22.8 Å². The highest BCUT2D eigenvalue weighted by atomic mass is 127. The molecule has 0 unspecified atom stereocenters. The lowest BCUT2D eigenvalue weighted by molar-refractivity contribution is -0.130. The number of aromatic nitrogens is 3. The first-order valence-electron chi connectivity index (χ1n) is 28.5. The van der Waals surface area contributed by atoms with Crippen molar-refractivity contribution in [1.29, 1.82) is 5.26 Å². The largest absolute Gasteiger partial charge is 0.496 e. The maximum Gasteiger partial charge on any atom is 0.496 e. The minimum absolute atomic E-state index is 0.0517. The average molecular weight is 1390 g/mol. The molecule has 2 aliphatic carbocycles. The number of nitrogens with zero attached hydrogens (tertiary/aromatic N) is 10. The summed E-state index contributed by atoms with van der Waals surface area (Å²) >= 11 is 4.01. The summed E-state index contributed by atoms with van der Waals surface area (Å²) in [4.78, 5) is 69.3. The molecule has 3 aromatic heterocycles. The molecule has 474 valence electrons. The number of halogens is 5. The van der Waals surface area contributed by atoms with Gasteiger partial charge in [0.05, 0.1) is 46.2 Å². The van der Waals surface area contributed by atoms with Crippen molar-refractivity contribution in [2.75, 3.05) is 41.5 Å². The van der Waals surface area contributed by atoms with Crippen LogP contribution in [-0.2, 0) is 39.4 Å². The van der Waals surface area contributed by atoms with Crippen LogP contribution in [0.15, 0.2) is 80.9 Å². The summed E-state index contributed by atoms with van der Waals surface area (Å²) in [6.07, 6.45) is 6.70. The van der Waals surface area contributed by atoms with Crippen LogP contribution in [0.2, 0.25) is 25.7 Å². The Morgan fingerprint density at radius 1 is 0.843 bits per heavy atom. The Morgan fingerprint density at radius 2 is 1.39 bits per heavy atom. The van der Waals surface area contributed by atoms with E-state index in [9.17, 15) is 27.6 Å². The highest BCUT2D eigenvalue weighted by molar-refractivity contribution is 14.1. The fraction of sp³-hybridized carbons (Fsp3) is 0.484. The molecule has 3 fully saturated rings. The Morgan fingerprint density at radius 3 is 1.90 bits per heavy atom. The number of nitrogens with two attached hydrogens (primary N) is 1. The highest BCUT2D eigenvalue weighted by Gasteiger charge is 2.73. The molecule has 1 aromatic carbocycles. The number of thioether (sulfide) groups is 2. The number of benzene rings is 1. The van der Waals surface area contributed by atoms with Crippen molar-refractivity contribution in [1.82, 2.24) is 29.7 Å². The molecule has 2 N–H and O–H groups in total. The Kier molecular flexibility index (Phi) is 21.0. The lowest BCUT2D eigenvalue weighted by Crippen LogP contribution is -2.49. The van der Waals surface area contributed by atoms with Crippen molar-refractivity contribution in [3.05, 3.63) is 128 Å². The normalized spacial score (nSPS) is 24.7. The second-order valence-corrected chi connectivity index (χ2v) is 35.6. The molecule has 3 amide bonds. The first-order valence-corrected chi connectivity index (χ1v) is 34.9. The minimum atomic E-state index is -1.40. The maximum absolute atomic E-state index is 15.8. The monoisotopic (exact) mass is 1390 g/mol. The fourth-order valence-corrected chi connectivity index (χ4v) is 14.7. The molecular formula is C62H75BF4IN11O7S2Si. The molecule has 6 atom stereocenters. The molecular weight excluding hydrogens is 1320 g/mol. The van der Waals surface area contributed by atoms with Gasteiger partial charge >= 0.3 is 13.2 Å². The van der Waals surface area contributed by atoms with Gasteiger partial charge < -0.3 is 34.3 Å². The van der Waals surface area contributed by atoms with Crippen molar-refractivity contribution in [3.63, 3.8) is 0 Å². The summed E-state index contributed by atoms with van der Waals surface area (Å²) in [7, 11) is 4.55. The van der Waals surface area contributed by atoms with Crippen LogP contribution in [0.5, 0.6) is 0 Å². The molecule has 89 heavy (non-hydrogen) atoms. The number of hydrogen-bond donors (Lipinski definition) is 1. The lowest BCUT2D eigenvalue weighted by Gasteiger charge is -2.38. The number of amides is 3. The predicted molar refractivity (Wildman–Crippen MR) is 353 cm³/mol. The molecule has 2 saturated carbocycles. The number of aliphatic imine (C=N–C) groups is 2. The third kappa shape index (κ3) is 15.8. The summed E-state index contributed by atoms with van der Waals surface area (Å²) in [5, 5.41) is 8.89. The number of hydrogen-bond acceptors (Lipinski definition) is 16. The second-order valence-electron chi connectivity index (χ2n) is 26.3. The van der Waals surface area contributed by atoms with E-state index in [0.717, 1.165) is 17.8 Å². The number of pyridine rings is 3. The third-order valence-corrected chi connectivity index (χ3v) is 20.9. The summed E-state index contributed by atoms with van der Waals surface area (Å²) < 4.78 is 80.3. The van der Waals surface area contributed by atoms with Crippen LogP contribution < -0.4 is 11.2 Å². The molecule has 18 nitrogen and oxygen atoms in total. The number of amidine groups is 2. The Bertz CT molecular complexity index is 3580. The smallest absolute Gasteiger partial charge is 0.443 e. The summed E-state index contributed by atoms with van der Waals surface area (Å²) in [5.74, 6) is -3.06. The van der Waals surface area contributed by atoms with Gasteiger partial charge in [-0.3, -0.25) is 24.6 Å². The average Bonchev–Trinajstić information content (AvgIpc) is 1.53. The van der Waals surface area contributed by atoms with Crippen LogP contribution in [0.4, 0.5) is 28.0 Å². The van der Waals surface area contributed by atoms with Gasteiger partial charge in [0.15, 0.2) is 14.2 Å². The molecule has 0 spiro atoms. The van der Waals surface area contributed by atoms with Gasteiger partial charge in [-0.1, -0.05) is 67.4 Å². The van der Waals surface area contributed by atoms with E-state index < -0.39 is 76.4 Å². The first-order chi connectivity index (χ1) is 41.2. The van der Waals surface area contributed by atoms with Crippen molar-refractivity contribution in [3.8, 4) is 6.07 Å². The summed E-state index contributed by atoms with van der Waals surface area (Å²) in [6, 6.07) is 15.7. The van der Waals surface area contributed by atoms with Crippen LogP contribution in [0.1, 0.15) is 109 Å². The van der Waals surface area contributed by atoms with Gasteiger partial charge in [-0.05, 0) is 140 Å². The van der Waals surface area contributed by atoms with E-state index in [4.69, 9.17) is 41.3 Å². The van der Waals surface area contributed by atoms with Crippen molar-refractivity contribution in [2.24, 2.45) is 27.6 Å². The predicted octanol–water partition coefficient (Wildman–Crippen LogP) is 12.3. The van der Waals surface area contributed by atoms with Crippen molar-refractivity contribution >= 4 is 119 Å². The molecule has 1 saturated heterocycles. The maximum atomic E-state index is 15.8. The minimum Gasteiger partial charge on any atom is -0.443 e. The summed E-state index contributed by atoms with van der Waals surface area (Å²) in [5.41, 5.74) is 4.52. The zero-order valence-electron chi connectivity index (χ0n) is 52.9. The zero-order chi connectivity index (χ0) is 66.2. The van der Waals surface area contributed by atoms with E-state index in [1.807, 2.05) is 33.8 Å². The van der Waals surface area contributed by atoms with E-state index >= 15 is 4.39 Å². The van der Waals surface area contributed by atoms with Gasteiger partial charge in [0, 0.05) is 102 Å². The SMILES string of the molecule is CN(C)C(=O)[C@]12C[C@H]1[C@@](C)(c1cc(B3OC(C)(C)C(C)(C)O3)cnc1F)N=C(N(COCC[Si](C)(C)C)C(=O)OC(C)(C)C)S2.N#Cc1ccc(/C=C(\F)I)cc1.[C-]#[N+]c1ccc(/C=C(\F)c2cnc(F)c([C@@]3(C)N=C(N)S[C@@]4(C(=O)N(C)C)C[C@H]43)c2)nc1. The molecule has 0 radical (unpaired) electrons. The second kappa shape index (κ2) is 26.6. The number of carbonyl (C=O) groups is 3.